The Labute approximate surface area is 174 Å². The van der Waals surface area contributed by atoms with Gasteiger partial charge in [0, 0.05) is 25.6 Å². The number of hydrogen-bond donors (Lipinski definition) is 0. The van der Waals surface area contributed by atoms with Gasteiger partial charge in [0.2, 0.25) is 11.2 Å². The van der Waals surface area contributed by atoms with E-state index in [2.05, 4.69) is 15.1 Å². The molecule has 1 atom stereocenters. The van der Waals surface area contributed by atoms with Crippen LogP contribution < -0.4 is 4.74 Å². The number of fused-ring (bicyclic) bond motifs is 1. The van der Waals surface area contributed by atoms with Gasteiger partial charge >= 0.3 is 6.09 Å². The highest BCUT2D eigenvalue weighted by Gasteiger charge is 2.34. The Hall–Kier alpha value is -2.13. The van der Waals surface area contributed by atoms with Gasteiger partial charge < -0.3 is 19.1 Å². The van der Waals surface area contributed by atoms with Crippen LogP contribution in [0.25, 0.3) is 11.0 Å². The first kappa shape index (κ1) is 20.2. The summed E-state index contributed by atoms with van der Waals surface area (Å²) in [6.07, 6.45) is 4.28. The van der Waals surface area contributed by atoms with Crippen LogP contribution >= 0.6 is 11.6 Å². The number of likely N-dealkylation sites (tertiary alicyclic amines) is 1. The molecule has 29 heavy (non-hydrogen) atoms. The highest BCUT2D eigenvalue weighted by Crippen LogP contribution is 2.30. The van der Waals surface area contributed by atoms with E-state index in [-0.39, 0.29) is 23.5 Å². The van der Waals surface area contributed by atoms with Gasteiger partial charge in [0.15, 0.2) is 11.9 Å². The first-order chi connectivity index (χ1) is 13.8. The zero-order valence-corrected chi connectivity index (χ0v) is 17.7. The van der Waals surface area contributed by atoms with Crippen molar-refractivity contribution in [3.05, 3.63) is 11.5 Å². The van der Waals surface area contributed by atoms with E-state index in [1.54, 1.807) is 15.8 Å². The van der Waals surface area contributed by atoms with Gasteiger partial charge in [-0.3, -0.25) is 0 Å². The number of carbonyl (C=O) groups is 1. The van der Waals surface area contributed by atoms with Gasteiger partial charge in [-0.1, -0.05) is 0 Å². The Kier molecular flexibility index (Phi) is 5.52. The Morgan fingerprint density at radius 3 is 2.79 bits per heavy atom. The Morgan fingerprint density at radius 1 is 1.31 bits per heavy atom. The zero-order chi connectivity index (χ0) is 20.6. The monoisotopic (exact) mass is 423 g/mol. The molecule has 2 fully saturated rings. The third-order valence-corrected chi connectivity index (χ3v) is 5.05. The van der Waals surface area contributed by atoms with Crippen molar-refractivity contribution < 1.29 is 19.0 Å². The molecule has 2 aromatic rings. The van der Waals surface area contributed by atoms with Crippen LogP contribution in [0.1, 0.15) is 46.3 Å². The Morgan fingerprint density at radius 2 is 2.10 bits per heavy atom. The predicted octanol–water partition coefficient (Wildman–Crippen LogP) is 3.42. The van der Waals surface area contributed by atoms with Gasteiger partial charge in [-0.25, -0.2) is 9.48 Å². The second kappa shape index (κ2) is 7.95. The van der Waals surface area contributed by atoms with Crippen molar-refractivity contribution >= 4 is 28.7 Å². The number of ether oxygens (including phenoxy) is 3. The molecular weight excluding hydrogens is 398 g/mol. The van der Waals surface area contributed by atoms with Gasteiger partial charge in [0.25, 0.3) is 0 Å². The minimum Gasteiger partial charge on any atom is -0.477 e. The first-order valence-corrected chi connectivity index (χ1v) is 10.3. The maximum Gasteiger partial charge on any atom is 0.410 e. The van der Waals surface area contributed by atoms with Crippen LogP contribution in [0.5, 0.6) is 5.88 Å². The van der Waals surface area contributed by atoms with Crippen LogP contribution in [0.4, 0.5) is 4.79 Å². The SMILES string of the molecule is CC(C)(C)OC(=O)N1CC(COc2nc(Cl)nc3c2cnn3C2CCCCO2)C1. The van der Waals surface area contributed by atoms with Crippen molar-refractivity contribution in [3.63, 3.8) is 0 Å². The smallest absolute Gasteiger partial charge is 0.410 e. The van der Waals surface area contributed by atoms with Crippen LogP contribution in [0, 0.1) is 5.92 Å². The van der Waals surface area contributed by atoms with E-state index >= 15 is 0 Å². The summed E-state index contributed by atoms with van der Waals surface area (Å²) < 4.78 is 18.9. The van der Waals surface area contributed by atoms with Crippen LogP contribution in [0.15, 0.2) is 6.20 Å². The first-order valence-electron chi connectivity index (χ1n) is 9.93. The molecule has 0 bridgehead atoms. The molecule has 2 aliphatic rings. The van der Waals surface area contributed by atoms with Crippen molar-refractivity contribution in [1.29, 1.82) is 0 Å². The number of aromatic nitrogens is 4. The Balaban J connectivity index is 1.39. The lowest BCUT2D eigenvalue weighted by atomic mass is 10.0. The summed E-state index contributed by atoms with van der Waals surface area (Å²) in [5, 5.41) is 5.24. The number of amides is 1. The third-order valence-electron chi connectivity index (χ3n) is 4.88. The molecule has 0 aromatic carbocycles. The zero-order valence-electron chi connectivity index (χ0n) is 16.9. The normalized spacial score (nSPS) is 20.6. The maximum absolute atomic E-state index is 12.0. The van der Waals surface area contributed by atoms with Gasteiger partial charge in [-0.2, -0.15) is 15.1 Å². The average molecular weight is 424 g/mol. The molecular formula is C19H26ClN5O4. The Bertz CT molecular complexity index is 885. The highest BCUT2D eigenvalue weighted by atomic mass is 35.5. The van der Waals surface area contributed by atoms with Gasteiger partial charge in [-0.15, -0.1) is 0 Å². The number of halogens is 1. The lowest BCUT2D eigenvalue weighted by molar-refractivity contribution is -0.0370. The topological polar surface area (TPSA) is 91.6 Å². The fourth-order valence-electron chi connectivity index (χ4n) is 3.46. The van der Waals surface area contributed by atoms with E-state index in [1.165, 1.54) is 0 Å². The predicted molar refractivity (Wildman–Crippen MR) is 106 cm³/mol. The summed E-state index contributed by atoms with van der Waals surface area (Å²) in [6.45, 7) is 7.88. The molecule has 0 spiro atoms. The molecule has 10 heteroatoms. The highest BCUT2D eigenvalue weighted by molar-refractivity contribution is 6.28. The number of rotatable bonds is 4. The van der Waals surface area contributed by atoms with Gasteiger partial charge in [0.1, 0.15) is 11.0 Å². The maximum atomic E-state index is 12.0. The fraction of sp³-hybridized carbons (Fsp3) is 0.684. The quantitative estimate of drug-likeness (QED) is 0.695. The van der Waals surface area contributed by atoms with E-state index in [1.807, 2.05) is 20.8 Å². The second-order valence-electron chi connectivity index (χ2n) is 8.51. The molecule has 0 saturated carbocycles. The van der Waals surface area contributed by atoms with Gasteiger partial charge in [0.05, 0.1) is 12.8 Å². The standard InChI is InChI=1S/C19H26ClN5O4/c1-19(2,3)29-18(26)24-9-12(10-24)11-28-16-13-8-21-25(14-6-4-5-7-27-14)15(13)22-17(20)23-16/h8,12,14H,4-7,9-11H2,1-3H3. The van der Waals surface area contributed by atoms with Crippen LogP contribution in [-0.2, 0) is 9.47 Å². The largest absolute Gasteiger partial charge is 0.477 e. The summed E-state index contributed by atoms with van der Waals surface area (Å²) >= 11 is 6.13. The minimum atomic E-state index is -0.496. The fourth-order valence-corrected chi connectivity index (χ4v) is 3.62. The minimum absolute atomic E-state index is 0.106. The van der Waals surface area contributed by atoms with Crippen LogP contribution in [0.3, 0.4) is 0 Å². The number of hydrogen-bond acceptors (Lipinski definition) is 7. The lowest BCUT2D eigenvalue weighted by Crippen LogP contribution is -2.53. The molecule has 2 aliphatic heterocycles. The van der Waals surface area contributed by atoms with Crippen molar-refractivity contribution in [1.82, 2.24) is 24.6 Å². The van der Waals surface area contributed by atoms with Crippen molar-refractivity contribution in [2.24, 2.45) is 5.92 Å². The molecule has 0 N–H and O–H groups in total. The molecule has 4 rings (SSSR count). The van der Waals surface area contributed by atoms with E-state index in [0.717, 1.165) is 19.3 Å². The summed E-state index contributed by atoms with van der Waals surface area (Å²) in [5.74, 6) is 0.612. The molecule has 2 aromatic heterocycles. The molecule has 2 saturated heterocycles. The van der Waals surface area contributed by atoms with Crippen molar-refractivity contribution in [2.75, 3.05) is 26.3 Å². The molecule has 1 unspecified atom stereocenters. The van der Waals surface area contributed by atoms with E-state index < -0.39 is 5.60 Å². The summed E-state index contributed by atoms with van der Waals surface area (Å²) in [6, 6.07) is 0. The summed E-state index contributed by atoms with van der Waals surface area (Å²) in [7, 11) is 0. The van der Waals surface area contributed by atoms with Crippen molar-refractivity contribution in [2.45, 2.75) is 51.9 Å². The van der Waals surface area contributed by atoms with Crippen molar-refractivity contribution in [3.8, 4) is 5.88 Å². The molecule has 158 valence electrons. The van der Waals surface area contributed by atoms with E-state index in [0.29, 0.717) is 43.2 Å². The van der Waals surface area contributed by atoms with Crippen LogP contribution in [0.2, 0.25) is 5.28 Å². The summed E-state index contributed by atoms with van der Waals surface area (Å²) in [5.41, 5.74) is 0.111. The molecule has 0 radical (unpaired) electrons. The molecule has 4 heterocycles. The molecule has 0 aliphatic carbocycles. The van der Waals surface area contributed by atoms with E-state index in [9.17, 15) is 4.79 Å². The average Bonchev–Trinajstić information content (AvgIpc) is 3.03. The second-order valence-corrected chi connectivity index (χ2v) is 8.85. The molecule has 1 amide bonds. The third kappa shape index (κ3) is 4.56. The van der Waals surface area contributed by atoms with E-state index in [4.69, 9.17) is 25.8 Å². The summed E-state index contributed by atoms with van der Waals surface area (Å²) in [4.78, 5) is 22.3. The van der Waals surface area contributed by atoms with Crippen LogP contribution in [-0.4, -0.2) is 62.6 Å². The lowest BCUT2D eigenvalue weighted by Gasteiger charge is -2.39. The van der Waals surface area contributed by atoms with Gasteiger partial charge in [-0.05, 0) is 51.6 Å². The number of carbonyl (C=O) groups excluding carboxylic acids is 1. The number of nitrogens with zero attached hydrogens (tertiary/aromatic N) is 5. The molecule has 9 nitrogen and oxygen atoms in total.